The second-order valence-electron chi connectivity index (χ2n) is 4.02. The van der Waals surface area contributed by atoms with Gasteiger partial charge in [-0.3, -0.25) is 14.4 Å². The molecule has 0 rings (SSSR count). The molecule has 0 saturated heterocycles. The molecule has 0 aromatic carbocycles. The van der Waals surface area contributed by atoms with Crippen molar-refractivity contribution in [2.75, 3.05) is 20.7 Å². The smallest absolute Gasteiger partial charge is 0.302 e. The predicted octanol–water partition coefficient (Wildman–Crippen LogP) is 0.384. The molecular weight excluding hydrogens is 252 g/mol. The molecule has 7 heteroatoms. The van der Waals surface area contributed by atoms with E-state index in [1.54, 1.807) is 23.2 Å². The molecule has 2 amide bonds. The minimum absolute atomic E-state index is 0.0653. The molecule has 0 aliphatic carbocycles. The molecule has 1 radical (unpaired) electrons. The fourth-order valence-electron chi connectivity index (χ4n) is 1.37. The Morgan fingerprint density at radius 2 is 1.44 bits per heavy atom. The highest BCUT2D eigenvalue weighted by atomic mass is 28.3. The number of nitrogens with zero attached hydrogens (tertiary/aromatic N) is 2. The van der Waals surface area contributed by atoms with Crippen LogP contribution in [0.5, 0.6) is 0 Å². The highest BCUT2D eigenvalue weighted by Crippen LogP contribution is 2.07. The first kappa shape index (κ1) is 16.6. The minimum Gasteiger partial charge on any atom is -0.466 e. The number of rotatable bonds is 6. The summed E-state index contributed by atoms with van der Waals surface area (Å²) in [7, 11) is 1.97. The van der Waals surface area contributed by atoms with Crippen molar-refractivity contribution >= 4 is 26.9 Å². The van der Waals surface area contributed by atoms with Gasteiger partial charge in [0.25, 0.3) is 0 Å². The SMILES string of the molecule is CC(=O)OCCC[Si](N(C)C(C)=O)N(C)C(C)=O. The number of carbonyl (C=O) groups is 3. The molecule has 0 heterocycles. The normalized spacial score (nSPS) is 10.1. The summed E-state index contributed by atoms with van der Waals surface area (Å²) in [5, 5.41) is 0. The first-order valence-electron chi connectivity index (χ1n) is 5.75. The van der Waals surface area contributed by atoms with Gasteiger partial charge in [0, 0.05) is 34.9 Å². The lowest BCUT2D eigenvalue weighted by Gasteiger charge is -2.31. The maximum absolute atomic E-state index is 11.4. The van der Waals surface area contributed by atoms with Crippen LogP contribution in [-0.2, 0) is 19.1 Å². The van der Waals surface area contributed by atoms with Crippen LogP contribution in [0.1, 0.15) is 27.2 Å². The molecule has 0 spiro atoms. The average Bonchev–Trinajstić information content (AvgIpc) is 2.26. The molecule has 103 valence electrons. The summed E-state index contributed by atoms with van der Waals surface area (Å²) in [6.07, 6.45) is 0.642. The molecule has 0 bridgehead atoms. The molecule has 0 fully saturated rings. The number of hydrogen-bond acceptors (Lipinski definition) is 4. The van der Waals surface area contributed by atoms with Gasteiger partial charge >= 0.3 is 15.1 Å². The van der Waals surface area contributed by atoms with E-state index < -0.39 is 9.12 Å². The van der Waals surface area contributed by atoms with Crippen molar-refractivity contribution in [1.29, 1.82) is 0 Å². The monoisotopic (exact) mass is 273 g/mol. The molecule has 0 aromatic rings. The van der Waals surface area contributed by atoms with Gasteiger partial charge in [-0.25, -0.2) is 0 Å². The van der Waals surface area contributed by atoms with Crippen LogP contribution in [0.4, 0.5) is 0 Å². The van der Waals surface area contributed by atoms with Crippen LogP contribution >= 0.6 is 0 Å². The van der Waals surface area contributed by atoms with Crippen molar-refractivity contribution in [3.63, 3.8) is 0 Å². The third kappa shape index (κ3) is 5.81. The Labute approximate surface area is 110 Å². The maximum Gasteiger partial charge on any atom is 0.302 e. The Bertz CT molecular complexity index is 302. The third-order valence-electron chi connectivity index (χ3n) is 2.57. The third-order valence-corrected chi connectivity index (χ3v) is 5.55. The largest absolute Gasteiger partial charge is 0.466 e. The van der Waals surface area contributed by atoms with Crippen LogP contribution < -0.4 is 0 Å². The molecule has 0 unspecified atom stereocenters. The van der Waals surface area contributed by atoms with Crippen LogP contribution in [0.15, 0.2) is 0 Å². The molecule has 18 heavy (non-hydrogen) atoms. The summed E-state index contributed by atoms with van der Waals surface area (Å²) < 4.78 is 8.07. The van der Waals surface area contributed by atoms with Gasteiger partial charge in [0.2, 0.25) is 11.8 Å². The summed E-state index contributed by atoms with van der Waals surface area (Å²) >= 11 is 0. The van der Waals surface area contributed by atoms with Gasteiger partial charge in [-0.05, 0) is 12.5 Å². The van der Waals surface area contributed by atoms with Gasteiger partial charge in [0.15, 0.2) is 0 Å². The van der Waals surface area contributed by atoms with Gasteiger partial charge in [-0.1, -0.05) is 0 Å². The van der Waals surface area contributed by atoms with E-state index in [0.717, 1.165) is 0 Å². The molecule has 0 atom stereocenters. The highest BCUT2D eigenvalue weighted by molar-refractivity contribution is 6.58. The molecule has 0 aromatic heterocycles. The summed E-state index contributed by atoms with van der Waals surface area (Å²) in [5.74, 6) is -0.447. The average molecular weight is 273 g/mol. The predicted molar refractivity (Wildman–Crippen MR) is 68.7 cm³/mol. The quantitative estimate of drug-likeness (QED) is 0.399. The van der Waals surface area contributed by atoms with Crippen molar-refractivity contribution in [3.05, 3.63) is 0 Å². The number of hydrogen-bond donors (Lipinski definition) is 0. The summed E-state index contributed by atoms with van der Waals surface area (Å²) in [5.41, 5.74) is 0. The van der Waals surface area contributed by atoms with Crippen LogP contribution in [0.25, 0.3) is 0 Å². The van der Waals surface area contributed by atoms with Crippen molar-refractivity contribution in [2.24, 2.45) is 0 Å². The van der Waals surface area contributed by atoms with Crippen molar-refractivity contribution in [3.8, 4) is 0 Å². The zero-order valence-electron chi connectivity index (χ0n) is 11.6. The first-order chi connectivity index (χ1) is 8.27. The molecule has 0 saturated carbocycles. The summed E-state index contributed by atoms with van der Waals surface area (Å²) in [6.45, 7) is 4.63. The Kier molecular flexibility index (Phi) is 7.26. The number of carbonyl (C=O) groups excluding carboxylic acids is 3. The zero-order chi connectivity index (χ0) is 14.3. The highest BCUT2D eigenvalue weighted by Gasteiger charge is 2.27. The molecule has 0 N–H and O–H groups in total. The standard InChI is InChI=1S/C11H21N2O4Si/c1-9(14)12(4)18(13(5)10(2)15)8-6-7-17-11(3)16/h6-8H2,1-5H3. The van der Waals surface area contributed by atoms with E-state index in [-0.39, 0.29) is 17.8 Å². The molecule has 0 aliphatic rings. The minimum atomic E-state index is -1.42. The van der Waals surface area contributed by atoms with Crippen LogP contribution in [0, 0.1) is 0 Å². The molecular formula is C11H21N2O4Si. The lowest BCUT2D eigenvalue weighted by Crippen LogP contribution is -2.52. The van der Waals surface area contributed by atoms with Gasteiger partial charge in [0.1, 0.15) is 0 Å². The Hall–Kier alpha value is -1.37. The molecule has 0 aliphatic heterocycles. The van der Waals surface area contributed by atoms with Gasteiger partial charge in [-0.15, -0.1) is 0 Å². The van der Waals surface area contributed by atoms with Crippen molar-refractivity contribution in [2.45, 2.75) is 33.2 Å². The van der Waals surface area contributed by atoms with Gasteiger partial charge in [-0.2, -0.15) is 0 Å². The number of amides is 2. The first-order valence-corrected chi connectivity index (χ1v) is 7.35. The lowest BCUT2D eigenvalue weighted by molar-refractivity contribution is -0.141. The van der Waals surface area contributed by atoms with E-state index >= 15 is 0 Å². The van der Waals surface area contributed by atoms with Gasteiger partial charge < -0.3 is 13.9 Å². The van der Waals surface area contributed by atoms with E-state index in [1.807, 2.05) is 0 Å². The van der Waals surface area contributed by atoms with Crippen LogP contribution in [0.3, 0.4) is 0 Å². The zero-order valence-corrected chi connectivity index (χ0v) is 12.6. The van der Waals surface area contributed by atoms with E-state index in [2.05, 4.69) is 0 Å². The van der Waals surface area contributed by atoms with E-state index in [9.17, 15) is 14.4 Å². The van der Waals surface area contributed by atoms with Crippen LogP contribution in [0.2, 0.25) is 6.04 Å². The Morgan fingerprint density at radius 3 is 1.78 bits per heavy atom. The fraction of sp³-hybridized carbons (Fsp3) is 0.727. The topological polar surface area (TPSA) is 66.9 Å². The van der Waals surface area contributed by atoms with Crippen LogP contribution in [-0.4, -0.2) is 56.7 Å². The summed E-state index contributed by atoms with van der Waals surface area (Å²) in [6, 6.07) is 0.671. The lowest BCUT2D eigenvalue weighted by atomic mass is 10.5. The Balaban J connectivity index is 4.44. The van der Waals surface area contributed by atoms with Crippen molar-refractivity contribution < 1.29 is 19.1 Å². The second kappa shape index (κ2) is 7.86. The van der Waals surface area contributed by atoms with Gasteiger partial charge in [0.05, 0.1) is 6.61 Å². The molecule has 6 nitrogen and oxygen atoms in total. The van der Waals surface area contributed by atoms with E-state index in [0.29, 0.717) is 19.1 Å². The number of ether oxygens (including phenoxy) is 1. The fourth-order valence-corrected chi connectivity index (χ4v) is 3.68. The maximum atomic E-state index is 11.4. The summed E-state index contributed by atoms with van der Waals surface area (Å²) in [4.78, 5) is 33.4. The van der Waals surface area contributed by atoms with E-state index in [1.165, 1.54) is 20.8 Å². The van der Waals surface area contributed by atoms with E-state index in [4.69, 9.17) is 4.74 Å². The second-order valence-corrected chi connectivity index (χ2v) is 6.69. The Morgan fingerprint density at radius 1 is 1.00 bits per heavy atom. The van der Waals surface area contributed by atoms with Crippen molar-refractivity contribution in [1.82, 2.24) is 9.13 Å². The number of esters is 1.